The maximum Gasteiger partial charge on any atom is 0.227 e. The van der Waals surface area contributed by atoms with Crippen molar-refractivity contribution in [3.05, 3.63) is 35.3 Å². The van der Waals surface area contributed by atoms with Gasteiger partial charge >= 0.3 is 0 Å². The van der Waals surface area contributed by atoms with Gasteiger partial charge in [0.1, 0.15) is 5.82 Å². The molecule has 1 aromatic heterocycles. The first-order valence-corrected chi connectivity index (χ1v) is 8.07. The van der Waals surface area contributed by atoms with Gasteiger partial charge in [0.05, 0.1) is 6.42 Å². The molecular weight excluding hydrogens is 293 g/mol. The van der Waals surface area contributed by atoms with Crippen LogP contribution in [0, 0.1) is 18.7 Å². The molecule has 1 N–H and O–H groups in total. The Hall–Kier alpha value is -1.88. The summed E-state index contributed by atoms with van der Waals surface area (Å²) in [6.07, 6.45) is 0.322. The smallest absolute Gasteiger partial charge is 0.227 e. The minimum Gasteiger partial charge on any atom is -0.358 e. The fraction of sp³-hybridized carbons (Fsp3) is 0.500. The maximum absolute atomic E-state index is 13.5. The topological polar surface area (TPSA) is 39.3 Å². The van der Waals surface area contributed by atoms with E-state index in [4.69, 9.17) is 0 Å². The minimum atomic E-state index is -0.271. The van der Waals surface area contributed by atoms with Crippen LogP contribution in [0.1, 0.15) is 18.2 Å². The summed E-state index contributed by atoms with van der Waals surface area (Å²) in [4.78, 5) is 20.1. The molecular formula is C18H24FN3O. The molecule has 2 aromatic rings. The van der Waals surface area contributed by atoms with Crippen molar-refractivity contribution in [3.8, 4) is 0 Å². The third kappa shape index (κ3) is 2.98. The van der Waals surface area contributed by atoms with E-state index in [0.29, 0.717) is 18.4 Å². The van der Waals surface area contributed by atoms with Gasteiger partial charge in [-0.15, -0.1) is 0 Å². The van der Waals surface area contributed by atoms with Crippen molar-refractivity contribution in [2.75, 3.05) is 27.2 Å². The molecule has 2 heterocycles. The summed E-state index contributed by atoms with van der Waals surface area (Å²) < 4.78 is 13.5. The van der Waals surface area contributed by atoms with Gasteiger partial charge in [0, 0.05) is 35.7 Å². The molecule has 2 atom stereocenters. The molecule has 1 aromatic carbocycles. The number of likely N-dealkylation sites (N-methyl/N-ethyl adjacent to an activating group) is 1. The van der Waals surface area contributed by atoms with Gasteiger partial charge in [-0.2, -0.15) is 0 Å². The van der Waals surface area contributed by atoms with Gasteiger partial charge in [0.2, 0.25) is 5.91 Å². The Morgan fingerprint density at radius 1 is 1.39 bits per heavy atom. The number of carbonyl (C=O) groups is 1. The van der Waals surface area contributed by atoms with E-state index >= 15 is 0 Å². The Labute approximate surface area is 136 Å². The van der Waals surface area contributed by atoms with Gasteiger partial charge in [-0.1, -0.05) is 6.92 Å². The van der Waals surface area contributed by atoms with E-state index in [1.165, 1.54) is 12.1 Å². The fourth-order valence-corrected chi connectivity index (χ4v) is 3.67. The number of benzene rings is 1. The standard InChI is InChI=1S/C18H24FN3O/c1-11-9-22(10-17(11)21(3)4)18(23)8-14-12(2)20-16-6-5-13(19)7-15(14)16/h5-7,11,17,20H,8-10H2,1-4H3. The molecule has 0 bridgehead atoms. The summed E-state index contributed by atoms with van der Waals surface area (Å²) in [7, 11) is 4.11. The number of nitrogens with zero attached hydrogens (tertiary/aromatic N) is 2. The summed E-state index contributed by atoms with van der Waals surface area (Å²) in [5.74, 6) is 0.317. The number of carbonyl (C=O) groups excluding carboxylic acids is 1. The molecule has 4 nitrogen and oxygen atoms in total. The normalized spacial score (nSPS) is 21.6. The number of fused-ring (bicyclic) bond motifs is 1. The van der Waals surface area contributed by atoms with E-state index in [2.05, 4.69) is 30.9 Å². The third-order valence-electron chi connectivity index (χ3n) is 5.00. The van der Waals surface area contributed by atoms with Gasteiger partial charge < -0.3 is 14.8 Å². The van der Waals surface area contributed by atoms with Gasteiger partial charge in [-0.05, 0) is 50.7 Å². The van der Waals surface area contributed by atoms with Gasteiger partial charge in [0.15, 0.2) is 0 Å². The van der Waals surface area contributed by atoms with Crippen LogP contribution in [0.2, 0.25) is 0 Å². The SMILES string of the molecule is Cc1[nH]c2ccc(F)cc2c1CC(=O)N1CC(C)C(N(C)C)C1. The monoisotopic (exact) mass is 317 g/mol. The molecule has 1 amide bonds. The Balaban J connectivity index is 1.81. The molecule has 23 heavy (non-hydrogen) atoms. The van der Waals surface area contributed by atoms with Crippen molar-refractivity contribution in [2.45, 2.75) is 26.3 Å². The van der Waals surface area contributed by atoms with E-state index in [0.717, 1.165) is 35.2 Å². The van der Waals surface area contributed by atoms with Crippen molar-refractivity contribution < 1.29 is 9.18 Å². The molecule has 1 fully saturated rings. The maximum atomic E-state index is 13.5. The first kappa shape index (κ1) is 16.0. The molecule has 1 aliphatic heterocycles. The number of aromatic amines is 1. The molecule has 2 unspecified atom stereocenters. The van der Waals surface area contributed by atoms with Crippen LogP contribution in [0.15, 0.2) is 18.2 Å². The van der Waals surface area contributed by atoms with Crippen molar-refractivity contribution >= 4 is 16.8 Å². The van der Waals surface area contributed by atoms with Crippen LogP contribution >= 0.6 is 0 Å². The number of rotatable bonds is 3. The highest BCUT2D eigenvalue weighted by Gasteiger charge is 2.33. The average Bonchev–Trinajstić information content (AvgIpc) is 3.01. The second kappa shape index (κ2) is 5.96. The zero-order valence-electron chi connectivity index (χ0n) is 14.2. The molecule has 124 valence electrons. The molecule has 1 aliphatic rings. The third-order valence-corrected chi connectivity index (χ3v) is 5.00. The van der Waals surface area contributed by atoms with E-state index in [-0.39, 0.29) is 11.7 Å². The van der Waals surface area contributed by atoms with Gasteiger partial charge in [0.25, 0.3) is 0 Å². The summed E-state index contributed by atoms with van der Waals surface area (Å²) in [5, 5.41) is 0.812. The van der Waals surface area contributed by atoms with Gasteiger partial charge in [-0.3, -0.25) is 4.79 Å². The first-order valence-electron chi connectivity index (χ1n) is 8.07. The molecule has 0 saturated carbocycles. The summed E-state index contributed by atoms with van der Waals surface area (Å²) in [6, 6.07) is 5.08. The van der Waals surface area contributed by atoms with Crippen LogP contribution in [0.3, 0.4) is 0 Å². The van der Waals surface area contributed by atoms with E-state index in [1.54, 1.807) is 6.07 Å². The summed E-state index contributed by atoms with van der Waals surface area (Å²) in [5.41, 5.74) is 2.73. The Bertz CT molecular complexity index is 737. The fourth-order valence-electron chi connectivity index (χ4n) is 3.67. The Kier molecular flexibility index (Phi) is 4.15. The summed E-state index contributed by atoms with van der Waals surface area (Å²) in [6.45, 7) is 5.68. The molecule has 3 rings (SSSR count). The number of amides is 1. The second-order valence-corrected chi connectivity index (χ2v) is 6.90. The van der Waals surface area contributed by atoms with E-state index in [1.807, 2.05) is 11.8 Å². The second-order valence-electron chi connectivity index (χ2n) is 6.90. The lowest BCUT2D eigenvalue weighted by Crippen LogP contribution is -2.36. The molecule has 0 aliphatic carbocycles. The Morgan fingerprint density at radius 3 is 2.78 bits per heavy atom. The first-order chi connectivity index (χ1) is 10.9. The number of H-pyrrole nitrogens is 1. The van der Waals surface area contributed by atoms with Crippen molar-refractivity contribution in [1.29, 1.82) is 0 Å². The van der Waals surface area contributed by atoms with Crippen LogP contribution in [0.4, 0.5) is 4.39 Å². The zero-order valence-corrected chi connectivity index (χ0v) is 14.2. The van der Waals surface area contributed by atoms with Crippen LogP contribution in [-0.4, -0.2) is 53.9 Å². The number of hydrogen-bond donors (Lipinski definition) is 1. The Morgan fingerprint density at radius 2 is 2.13 bits per heavy atom. The van der Waals surface area contributed by atoms with Crippen molar-refractivity contribution in [3.63, 3.8) is 0 Å². The number of hydrogen-bond acceptors (Lipinski definition) is 2. The number of likely N-dealkylation sites (tertiary alicyclic amines) is 1. The van der Waals surface area contributed by atoms with E-state index in [9.17, 15) is 9.18 Å². The average molecular weight is 317 g/mol. The number of aromatic nitrogens is 1. The predicted octanol–water partition coefficient (Wildman–Crippen LogP) is 2.57. The lowest BCUT2D eigenvalue weighted by Gasteiger charge is -2.22. The molecule has 5 heteroatoms. The van der Waals surface area contributed by atoms with Crippen LogP contribution in [-0.2, 0) is 11.2 Å². The van der Waals surface area contributed by atoms with Crippen molar-refractivity contribution in [1.82, 2.24) is 14.8 Å². The lowest BCUT2D eigenvalue weighted by atomic mass is 10.1. The number of nitrogens with one attached hydrogen (secondary N) is 1. The van der Waals surface area contributed by atoms with Crippen LogP contribution < -0.4 is 0 Å². The lowest BCUT2D eigenvalue weighted by molar-refractivity contribution is -0.129. The number of aryl methyl sites for hydroxylation is 1. The predicted molar refractivity (Wildman–Crippen MR) is 89.9 cm³/mol. The van der Waals surface area contributed by atoms with Crippen molar-refractivity contribution in [2.24, 2.45) is 5.92 Å². The molecule has 0 radical (unpaired) electrons. The quantitative estimate of drug-likeness (QED) is 0.945. The zero-order chi connectivity index (χ0) is 16.7. The summed E-state index contributed by atoms with van der Waals surface area (Å²) >= 11 is 0. The van der Waals surface area contributed by atoms with Crippen LogP contribution in [0.5, 0.6) is 0 Å². The highest BCUT2D eigenvalue weighted by molar-refractivity contribution is 5.90. The molecule has 0 spiro atoms. The van der Waals surface area contributed by atoms with E-state index < -0.39 is 0 Å². The largest absolute Gasteiger partial charge is 0.358 e. The highest BCUT2D eigenvalue weighted by atomic mass is 19.1. The van der Waals surface area contributed by atoms with Gasteiger partial charge in [-0.25, -0.2) is 4.39 Å². The number of halogens is 1. The van der Waals surface area contributed by atoms with Crippen LogP contribution in [0.25, 0.3) is 10.9 Å². The molecule has 1 saturated heterocycles. The minimum absolute atomic E-state index is 0.120. The highest BCUT2D eigenvalue weighted by Crippen LogP contribution is 2.26.